The predicted molar refractivity (Wildman–Crippen MR) is 120 cm³/mol. The summed E-state index contributed by atoms with van der Waals surface area (Å²) in [6, 6.07) is 28.4. The molecule has 5 rings (SSSR count). The van der Waals surface area contributed by atoms with Crippen molar-refractivity contribution in [2.45, 2.75) is 20.4 Å². The first-order chi connectivity index (χ1) is 14.1. The molecule has 0 atom stereocenters. The summed E-state index contributed by atoms with van der Waals surface area (Å²) in [6.07, 6.45) is 0. The van der Waals surface area contributed by atoms with E-state index in [4.69, 9.17) is 0 Å². The van der Waals surface area contributed by atoms with Gasteiger partial charge in [0.15, 0.2) is 0 Å². The summed E-state index contributed by atoms with van der Waals surface area (Å²) in [7, 11) is 0. The van der Waals surface area contributed by atoms with Crippen LogP contribution in [0.2, 0.25) is 0 Å². The molecule has 0 saturated heterocycles. The van der Waals surface area contributed by atoms with Crippen LogP contribution in [0.1, 0.15) is 16.8 Å². The van der Waals surface area contributed by atoms with E-state index in [1.54, 1.807) is 0 Å². The minimum atomic E-state index is -0.207. The van der Waals surface area contributed by atoms with Gasteiger partial charge < -0.3 is 4.57 Å². The highest BCUT2D eigenvalue weighted by molar-refractivity contribution is 6.07. The molecule has 0 aliphatic heterocycles. The van der Waals surface area contributed by atoms with Crippen LogP contribution in [0.25, 0.3) is 32.8 Å². The number of benzene rings is 4. The van der Waals surface area contributed by atoms with Crippen LogP contribution in [-0.2, 0) is 6.54 Å². The highest BCUT2D eigenvalue weighted by atomic mass is 19.1. The maximum absolute atomic E-state index is 13.3. The van der Waals surface area contributed by atoms with Gasteiger partial charge in [0.05, 0.1) is 5.52 Å². The topological polar surface area (TPSA) is 4.93 Å². The van der Waals surface area contributed by atoms with Gasteiger partial charge in [-0.25, -0.2) is 4.39 Å². The molecule has 1 heterocycles. The Labute approximate surface area is 170 Å². The number of halogens is 1. The SMILES string of the molecule is Cc1cc2ccccc2c2c1cc(C)n2Cc1cccc(-c2ccc(F)cc2)c1. The van der Waals surface area contributed by atoms with E-state index >= 15 is 0 Å². The molecule has 0 radical (unpaired) electrons. The van der Waals surface area contributed by atoms with Crippen LogP contribution < -0.4 is 0 Å². The quantitative estimate of drug-likeness (QED) is 0.311. The third kappa shape index (κ3) is 3.11. The molecule has 0 N–H and O–H groups in total. The van der Waals surface area contributed by atoms with Gasteiger partial charge in [0.2, 0.25) is 0 Å². The second-order valence-corrected chi connectivity index (χ2v) is 7.76. The van der Waals surface area contributed by atoms with Crippen LogP contribution in [0.3, 0.4) is 0 Å². The minimum absolute atomic E-state index is 0.207. The van der Waals surface area contributed by atoms with E-state index in [-0.39, 0.29) is 5.82 Å². The van der Waals surface area contributed by atoms with Crippen molar-refractivity contribution < 1.29 is 4.39 Å². The summed E-state index contributed by atoms with van der Waals surface area (Å²) in [5.74, 6) is -0.207. The Kier molecular flexibility index (Phi) is 4.21. The number of hydrogen-bond acceptors (Lipinski definition) is 0. The van der Waals surface area contributed by atoms with Gasteiger partial charge in [0, 0.05) is 23.0 Å². The fraction of sp³-hybridized carbons (Fsp3) is 0.111. The number of rotatable bonds is 3. The summed E-state index contributed by atoms with van der Waals surface area (Å²) in [6.45, 7) is 5.17. The first-order valence-electron chi connectivity index (χ1n) is 9.93. The van der Waals surface area contributed by atoms with Gasteiger partial charge in [0.1, 0.15) is 5.82 Å². The average molecular weight is 379 g/mol. The van der Waals surface area contributed by atoms with Crippen LogP contribution in [0.4, 0.5) is 4.39 Å². The van der Waals surface area contributed by atoms with Gasteiger partial charge in [0.25, 0.3) is 0 Å². The first-order valence-corrected chi connectivity index (χ1v) is 9.93. The zero-order chi connectivity index (χ0) is 20.0. The Morgan fingerprint density at radius 3 is 2.34 bits per heavy atom. The molecule has 0 unspecified atom stereocenters. The summed E-state index contributed by atoms with van der Waals surface area (Å²) in [5.41, 5.74) is 7.23. The summed E-state index contributed by atoms with van der Waals surface area (Å²) < 4.78 is 15.7. The summed E-state index contributed by atoms with van der Waals surface area (Å²) in [5, 5.41) is 3.88. The van der Waals surface area contributed by atoms with Crippen LogP contribution in [0, 0.1) is 19.7 Å². The molecule has 1 aromatic heterocycles. The number of fused-ring (bicyclic) bond motifs is 3. The molecule has 1 nitrogen and oxygen atoms in total. The van der Waals surface area contributed by atoms with E-state index < -0.39 is 0 Å². The van der Waals surface area contributed by atoms with Gasteiger partial charge in [-0.05, 0) is 65.8 Å². The first kappa shape index (κ1) is 17.7. The van der Waals surface area contributed by atoms with E-state index in [1.807, 2.05) is 12.1 Å². The second kappa shape index (κ2) is 6.89. The van der Waals surface area contributed by atoms with Gasteiger partial charge in [-0.1, -0.05) is 60.7 Å². The lowest BCUT2D eigenvalue weighted by atomic mass is 10.0. The Hall–Kier alpha value is -3.39. The smallest absolute Gasteiger partial charge is 0.123 e. The number of aromatic nitrogens is 1. The van der Waals surface area contributed by atoms with Crippen molar-refractivity contribution in [3.05, 3.63) is 108 Å². The molecule has 0 spiro atoms. The van der Waals surface area contributed by atoms with Gasteiger partial charge in [-0.2, -0.15) is 0 Å². The van der Waals surface area contributed by atoms with Gasteiger partial charge >= 0.3 is 0 Å². The molecule has 2 heteroatoms. The summed E-state index contributed by atoms with van der Waals surface area (Å²) >= 11 is 0. The van der Waals surface area contributed by atoms with Crippen LogP contribution in [0.5, 0.6) is 0 Å². The van der Waals surface area contributed by atoms with Gasteiger partial charge in [-0.3, -0.25) is 0 Å². The molecule has 0 aliphatic carbocycles. The van der Waals surface area contributed by atoms with E-state index in [2.05, 4.69) is 79.1 Å². The minimum Gasteiger partial charge on any atom is -0.340 e. The molecule has 142 valence electrons. The van der Waals surface area contributed by atoms with E-state index in [0.717, 1.165) is 17.7 Å². The average Bonchev–Trinajstić information content (AvgIpc) is 3.06. The molecule has 0 bridgehead atoms. The Morgan fingerprint density at radius 1 is 0.724 bits per heavy atom. The normalized spacial score (nSPS) is 11.4. The molecule has 0 fully saturated rings. The number of aryl methyl sites for hydroxylation is 2. The van der Waals surface area contributed by atoms with Crippen LogP contribution in [0.15, 0.2) is 84.9 Å². The largest absolute Gasteiger partial charge is 0.340 e. The van der Waals surface area contributed by atoms with Gasteiger partial charge in [-0.15, -0.1) is 0 Å². The number of nitrogens with zero attached hydrogens (tertiary/aromatic N) is 1. The van der Waals surface area contributed by atoms with Crippen molar-refractivity contribution >= 4 is 21.7 Å². The maximum Gasteiger partial charge on any atom is 0.123 e. The molecule has 0 amide bonds. The standard InChI is InChI=1S/C27H22FN/c1-18-14-23-7-3-4-9-25(23)27-26(18)15-19(2)29(27)17-20-6-5-8-22(16-20)21-10-12-24(28)13-11-21/h3-16H,17H2,1-2H3. The van der Waals surface area contributed by atoms with Crippen molar-refractivity contribution in [1.82, 2.24) is 4.57 Å². The third-order valence-electron chi connectivity index (χ3n) is 5.76. The fourth-order valence-corrected chi connectivity index (χ4v) is 4.30. The highest BCUT2D eigenvalue weighted by Crippen LogP contribution is 2.32. The van der Waals surface area contributed by atoms with Crippen LogP contribution >= 0.6 is 0 Å². The number of hydrogen-bond donors (Lipinski definition) is 0. The molecular formula is C27H22FN. The van der Waals surface area contributed by atoms with Crippen molar-refractivity contribution in [3.8, 4) is 11.1 Å². The lowest BCUT2D eigenvalue weighted by molar-refractivity contribution is 0.628. The predicted octanol–water partition coefficient (Wildman–Crippen LogP) is 7.27. The van der Waals surface area contributed by atoms with Crippen LogP contribution in [-0.4, -0.2) is 4.57 Å². The molecule has 0 saturated carbocycles. The van der Waals surface area contributed by atoms with E-state index in [1.165, 1.54) is 50.6 Å². The molecule has 5 aromatic rings. The molecular weight excluding hydrogens is 357 g/mol. The third-order valence-corrected chi connectivity index (χ3v) is 5.76. The lowest BCUT2D eigenvalue weighted by Crippen LogP contribution is -2.02. The monoisotopic (exact) mass is 379 g/mol. The zero-order valence-electron chi connectivity index (χ0n) is 16.6. The molecule has 29 heavy (non-hydrogen) atoms. The molecule has 4 aromatic carbocycles. The van der Waals surface area contributed by atoms with Crippen molar-refractivity contribution in [2.75, 3.05) is 0 Å². The van der Waals surface area contributed by atoms with E-state index in [9.17, 15) is 4.39 Å². The summed E-state index contributed by atoms with van der Waals surface area (Å²) in [4.78, 5) is 0. The molecule has 0 aliphatic rings. The second-order valence-electron chi connectivity index (χ2n) is 7.76. The Balaban J connectivity index is 1.63. The Bertz CT molecular complexity index is 1340. The zero-order valence-corrected chi connectivity index (χ0v) is 16.6. The lowest BCUT2D eigenvalue weighted by Gasteiger charge is -2.13. The van der Waals surface area contributed by atoms with E-state index in [0.29, 0.717) is 0 Å². The fourth-order valence-electron chi connectivity index (χ4n) is 4.30. The van der Waals surface area contributed by atoms with Crippen molar-refractivity contribution in [1.29, 1.82) is 0 Å². The Morgan fingerprint density at radius 2 is 1.52 bits per heavy atom. The van der Waals surface area contributed by atoms with Crippen molar-refractivity contribution in [2.24, 2.45) is 0 Å². The maximum atomic E-state index is 13.3. The highest BCUT2D eigenvalue weighted by Gasteiger charge is 2.12. The van der Waals surface area contributed by atoms with Crippen molar-refractivity contribution in [3.63, 3.8) is 0 Å².